The second-order valence-electron chi connectivity index (χ2n) is 6.42. The van der Waals surface area contributed by atoms with Crippen molar-refractivity contribution in [2.45, 2.75) is 73.7 Å². The third-order valence-electron chi connectivity index (χ3n) is 4.07. The zero-order valence-electron chi connectivity index (χ0n) is 15.6. The average molecular weight is 526 g/mol. The fourth-order valence-electron chi connectivity index (χ4n) is 2.22. The number of hydrogen-bond donors (Lipinski definition) is 1. The number of carbonyl (C=O) groups is 1. The van der Waals surface area contributed by atoms with Crippen LogP contribution in [0.2, 0.25) is 0 Å². The first-order valence-electron chi connectivity index (χ1n) is 8.20. The molecule has 0 aliphatic rings. The molecule has 0 amide bonds. The first-order valence-corrected chi connectivity index (χ1v) is 8.20. The van der Waals surface area contributed by atoms with Crippen molar-refractivity contribution in [2.75, 3.05) is 0 Å². The molecule has 0 spiro atoms. The van der Waals surface area contributed by atoms with Gasteiger partial charge in [0.1, 0.15) is 0 Å². The summed E-state index contributed by atoms with van der Waals surface area (Å²) in [6, 6.07) is 0. The summed E-state index contributed by atoms with van der Waals surface area (Å²) >= 11 is 0. The number of halogens is 15. The quantitative estimate of drug-likeness (QED) is 0.119. The molecule has 33 heavy (non-hydrogen) atoms. The molecule has 1 unspecified atom stereocenters. The Kier molecular flexibility index (Phi) is 8.87. The topological polar surface area (TPSA) is 46.5 Å². The van der Waals surface area contributed by atoms with Gasteiger partial charge in [0.05, 0.1) is 0 Å². The second-order valence-corrected chi connectivity index (χ2v) is 6.42. The lowest BCUT2D eigenvalue weighted by molar-refractivity contribution is -0.457. The minimum Gasteiger partial charge on any atom is -0.433 e. The molecule has 196 valence electrons. The number of carbonyl (C=O) groups excluding carboxylic acids is 1. The minimum atomic E-state index is -8.45. The zero-order chi connectivity index (χ0) is 26.9. The summed E-state index contributed by atoms with van der Waals surface area (Å²) in [5.74, 6) is -31.9. The van der Waals surface area contributed by atoms with Gasteiger partial charge >= 0.3 is 47.7 Å². The number of aliphatic hydroxyl groups excluding tert-OH is 1. The molecular formula is C15H13F15O3. The van der Waals surface area contributed by atoms with E-state index >= 15 is 0 Å². The molecule has 0 aliphatic heterocycles. The van der Waals surface area contributed by atoms with Gasteiger partial charge < -0.3 is 9.84 Å². The molecule has 0 saturated carbocycles. The summed E-state index contributed by atoms with van der Waals surface area (Å²) in [4.78, 5) is 10.7. The Morgan fingerprint density at radius 1 is 0.758 bits per heavy atom. The van der Waals surface area contributed by atoms with Crippen LogP contribution in [-0.4, -0.2) is 59.1 Å². The monoisotopic (exact) mass is 526 g/mol. The van der Waals surface area contributed by atoms with Crippen LogP contribution in [0.5, 0.6) is 0 Å². The lowest BCUT2D eigenvalue weighted by atomic mass is 9.85. The van der Waals surface area contributed by atoms with E-state index in [-0.39, 0.29) is 0 Å². The highest BCUT2D eigenvalue weighted by Gasteiger charge is 2.95. The van der Waals surface area contributed by atoms with E-state index in [1.165, 1.54) is 0 Å². The van der Waals surface area contributed by atoms with E-state index in [9.17, 15) is 70.7 Å². The van der Waals surface area contributed by atoms with Gasteiger partial charge in [-0.2, -0.15) is 61.5 Å². The van der Waals surface area contributed by atoms with Crippen molar-refractivity contribution in [3.8, 4) is 0 Å². The first-order chi connectivity index (χ1) is 14.3. The Hall–Kier alpha value is -1.88. The summed E-state index contributed by atoms with van der Waals surface area (Å²) < 4.78 is 200. The van der Waals surface area contributed by atoms with Crippen LogP contribution in [-0.2, 0) is 9.53 Å². The van der Waals surface area contributed by atoms with Gasteiger partial charge in [0.25, 0.3) is 0 Å². The second kappa shape index (κ2) is 9.40. The van der Waals surface area contributed by atoms with Crippen LogP contribution in [0.3, 0.4) is 0 Å². The van der Waals surface area contributed by atoms with Crippen LogP contribution in [0.4, 0.5) is 65.9 Å². The van der Waals surface area contributed by atoms with Crippen molar-refractivity contribution >= 4 is 5.97 Å². The number of alkyl halides is 15. The Bertz CT molecular complexity index is 682. The van der Waals surface area contributed by atoms with Crippen LogP contribution in [0, 0.1) is 0 Å². The van der Waals surface area contributed by atoms with Crippen LogP contribution in [0.15, 0.2) is 12.7 Å². The zero-order valence-corrected chi connectivity index (χ0v) is 15.6. The number of ether oxygens (including phenoxy) is 1. The van der Waals surface area contributed by atoms with E-state index in [1.807, 2.05) is 0 Å². The number of aliphatic hydroxyl groups is 1. The third kappa shape index (κ3) is 5.45. The van der Waals surface area contributed by atoms with Gasteiger partial charge in [-0.25, -0.2) is 9.18 Å². The van der Waals surface area contributed by atoms with Gasteiger partial charge in [0.2, 0.25) is 6.29 Å². The Morgan fingerprint density at radius 3 is 1.55 bits per heavy atom. The highest BCUT2D eigenvalue weighted by Crippen LogP contribution is 2.64. The van der Waals surface area contributed by atoms with Crippen LogP contribution < -0.4 is 0 Å². The van der Waals surface area contributed by atoms with Gasteiger partial charge in [-0.1, -0.05) is 6.58 Å². The maximum absolute atomic E-state index is 13.6. The molecule has 0 rings (SSSR count). The lowest BCUT2D eigenvalue weighted by Gasteiger charge is -2.43. The highest BCUT2D eigenvalue weighted by atomic mass is 19.4. The largest absolute Gasteiger partial charge is 0.438 e. The van der Waals surface area contributed by atoms with Gasteiger partial charge in [-0.15, -0.1) is 0 Å². The molecule has 0 aliphatic carbocycles. The molecule has 18 heteroatoms. The lowest BCUT2D eigenvalue weighted by Crippen LogP contribution is -2.75. The van der Waals surface area contributed by atoms with Crippen molar-refractivity contribution in [2.24, 2.45) is 0 Å². The van der Waals surface area contributed by atoms with E-state index in [0.29, 0.717) is 6.08 Å². The van der Waals surface area contributed by atoms with Gasteiger partial charge in [-0.3, -0.25) is 0 Å². The summed E-state index contributed by atoms with van der Waals surface area (Å²) in [5.41, 5.74) is -8.32. The normalized spacial score (nSPS) is 15.9. The maximum Gasteiger partial charge on any atom is 0.438 e. The van der Waals surface area contributed by atoms with E-state index in [4.69, 9.17) is 5.11 Å². The molecule has 1 N–H and O–H groups in total. The van der Waals surface area contributed by atoms with Crippen LogP contribution in [0.1, 0.15) is 25.7 Å². The third-order valence-corrected chi connectivity index (χ3v) is 4.07. The smallest absolute Gasteiger partial charge is 0.433 e. The van der Waals surface area contributed by atoms with E-state index < -0.39 is 79.7 Å². The van der Waals surface area contributed by atoms with Crippen LogP contribution in [0.25, 0.3) is 0 Å². The van der Waals surface area contributed by atoms with Gasteiger partial charge in [0, 0.05) is 18.9 Å². The van der Waals surface area contributed by atoms with E-state index in [0.717, 1.165) is 0 Å². The number of rotatable bonds is 11. The Labute approximate surface area is 174 Å². The molecule has 0 aromatic rings. The molecule has 0 radical (unpaired) electrons. The van der Waals surface area contributed by atoms with Crippen molar-refractivity contribution in [1.82, 2.24) is 0 Å². The molecule has 0 aromatic carbocycles. The SMILES string of the molecule is C=CC(=O)OC(O)CCCCC(F)(F)C(F)(F)C(F)(F)C(F)(F)C(F)(C(F)(F)F)C(F)(F)F. The van der Waals surface area contributed by atoms with Crippen molar-refractivity contribution < 1.29 is 80.5 Å². The fourth-order valence-corrected chi connectivity index (χ4v) is 2.22. The Balaban J connectivity index is 5.85. The maximum atomic E-state index is 13.6. The first kappa shape index (κ1) is 31.1. The number of unbranched alkanes of at least 4 members (excludes halogenated alkanes) is 1. The summed E-state index contributed by atoms with van der Waals surface area (Å²) in [5, 5.41) is 9.12. The molecular weight excluding hydrogens is 513 g/mol. The number of hydrogen-bond acceptors (Lipinski definition) is 3. The minimum absolute atomic E-state index is 0.521. The standard InChI is InChI=1S/C15H13F15O3/c1-2-7(31)33-8(32)5-3-4-6-9(16,17)11(19,20)13(23,24)12(21,22)10(18,14(25,26)27)15(28,29)30/h2,8,32H,1,3-6H2. The molecule has 0 fully saturated rings. The summed E-state index contributed by atoms with van der Waals surface area (Å²) in [6.07, 6.45) is -23.1. The van der Waals surface area contributed by atoms with Crippen LogP contribution >= 0.6 is 0 Å². The molecule has 1 atom stereocenters. The van der Waals surface area contributed by atoms with Crippen molar-refractivity contribution in [1.29, 1.82) is 0 Å². The molecule has 3 nitrogen and oxygen atoms in total. The molecule has 0 heterocycles. The Morgan fingerprint density at radius 2 is 1.18 bits per heavy atom. The summed E-state index contributed by atoms with van der Waals surface area (Å²) in [6.45, 7) is 2.89. The van der Waals surface area contributed by atoms with Gasteiger partial charge in [-0.05, 0) is 12.8 Å². The molecule has 0 aromatic heterocycles. The van der Waals surface area contributed by atoms with E-state index in [2.05, 4.69) is 11.3 Å². The fraction of sp³-hybridized carbons (Fsp3) is 0.800. The predicted octanol–water partition coefficient (Wildman–Crippen LogP) is 5.97. The van der Waals surface area contributed by atoms with Crippen molar-refractivity contribution in [3.05, 3.63) is 12.7 Å². The van der Waals surface area contributed by atoms with E-state index in [1.54, 1.807) is 0 Å². The molecule has 0 saturated heterocycles. The highest BCUT2D eigenvalue weighted by molar-refractivity contribution is 5.81. The predicted molar refractivity (Wildman–Crippen MR) is 76.5 cm³/mol. The van der Waals surface area contributed by atoms with Gasteiger partial charge in [0.15, 0.2) is 0 Å². The number of esters is 1. The van der Waals surface area contributed by atoms with Crippen molar-refractivity contribution in [3.63, 3.8) is 0 Å². The molecule has 0 bridgehead atoms. The summed E-state index contributed by atoms with van der Waals surface area (Å²) in [7, 11) is 0. The average Bonchev–Trinajstić information content (AvgIpc) is 2.61.